The Morgan fingerprint density at radius 2 is 1.77 bits per heavy atom. The van der Waals surface area contributed by atoms with E-state index >= 15 is 0 Å². The van der Waals surface area contributed by atoms with E-state index in [4.69, 9.17) is 0 Å². The van der Waals surface area contributed by atoms with Gasteiger partial charge in [-0.25, -0.2) is 0 Å². The van der Waals surface area contributed by atoms with Gasteiger partial charge >= 0.3 is 0 Å². The van der Waals surface area contributed by atoms with Gasteiger partial charge in [0, 0.05) is 43.4 Å². The van der Waals surface area contributed by atoms with Crippen molar-refractivity contribution in [1.82, 2.24) is 9.97 Å². The van der Waals surface area contributed by atoms with Crippen molar-refractivity contribution in [3.05, 3.63) is 60.4 Å². The Bertz CT molecular complexity index is 830. The summed E-state index contributed by atoms with van der Waals surface area (Å²) in [5.74, 6) is -0.146. The van der Waals surface area contributed by atoms with Gasteiger partial charge < -0.3 is 10.2 Å². The second-order valence-electron chi connectivity index (χ2n) is 5.16. The normalized spacial score (nSPS) is 10.5. The summed E-state index contributed by atoms with van der Waals surface area (Å²) in [6.45, 7) is 0. The molecular weight excluding hydrogens is 276 g/mol. The highest BCUT2D eigenvalue weighted by Gasteiger charge is 2.08. The SMILES string of the molecule is CN(C)c1cccc(C(=O)Nc2ccc3nccnc3c2)c1. The monoisotopic (exact) mass is 292 g/mol. The van der Waals surface area contributed by atoms with Crippen LogP contribution in [0.2, 0.25) is 0 Å². The number of nitrogens with one attached hydrogen (secondary N) is 1. The molecule has 3 rings (SSSR count). The van der Waals surface area contributed by atoms with Crippen LogP contribution in [-0.4, -0.2) is 30.0 Å². The van der Waals surface area contributed by atoms with Crippen LogP contribution in [0.5, 0.6) is 0 Å². The molecule has 0 fully saturated rings. The first-order valence-corrected chi connectivity index (χ1v) is 6.93. The highest BCUT2D eigenvalue weighted by atomic mass is 16.1. The van der Waals surface area contributed by atoms with Gasteiger partial charge in [-0.05, 0) is 36.4 Å². The average molecular weight is 292 g/mol. The molecule has 0 aliphatic heterocycles. The number of fused-ring (bicyclic) bond motifs is 1. The smallest absolute Gasteiger partial charge is 0.255 e. The van der Waals surface area contributed by atoms with E-state index in [2.05, 4.69) is 15.3 Å². The Labute approximate surface area is 128 Å². The maximum absolute atomic E-state index is 12.4. The van der Waals surface area contributed by atoms with Crippen LogP contribution >= 0.6 is 0 Å². The van der Waals surface area contributed by atoms with Crippen LogP contribution in [-0.2, 0) is 0 Å². The molecule has 0 bridgehead atoms. The molecule has 0 radical (unpaired) electrons. The minimum absolute atomic E-state index is 0.146. The number of hydrogen-bond donors (Lipinski definition) is 1. The van der Waals surface area contributed by atoms with Crippen molar-refractivity contribution in [2.75, 3.05) is 24.3 Å². The summed E-state index contributed by atoms with van der Waals surface area (Å²) in [6.07, 6.45) is 3.28. The van der Waals surface area contributed by atoms with Crippen LogP contribution < -0.4 is 10.2 Å². The fourth-order valence-corrected chi connectivity index (χ4v) is 2.17. The fourth-order valence-electron chi connectivity index (χ4n) is 2.17. The molecule has 5 nitrogen and oxygen atoms in total. The van der Waals surface area contributed by atoms with Crippen molar-refractivity contribution >= 4 is 28.3 Å². The Hall–Kier alpha value is -2.95. The van der Waals surface area contributed by atoms with Crippen LogP contribution in [0.3, 0.4) is 0 Å². The molecule has 0 spiro atoms. The van der Waals surface area contributed by atoms with E-state index in [0.717, 1.165) is 16.7 Å². The number of nitrogens with zero attached hydrogens (tertiary/aromatic N) is 3. The van der Waals surface area contributed by atoms with Gasteiger partial charge in [-0.3, -0.25) is 14.8 Å². The second kappa shape index (κ2) is 5.81. The molecule has 3 aromatic rings. The lowest BCUT2D eigenvalue weighted by Crippen LogP contribution is -2.14. The van der Waals surface area contributed by atoms with Gasteiger partial charge in [0.1, 0.15) is 0 Å². The molecule has 0 saturated carbocycles. The predicted octanol–water partition coefficient (Wildman–Crippen LogP) is 2.95. The molecule has 0 saturated heterocycles. The molecule has 1 heterocycles. The molecule has 1 aromatic heterocycles. The van der Waals surface area contributed by atoms with Gasteiger partial charge in [0.15, 0.2) is 0 Å². The molecular formula is C17H16N4O. The van der Waals surface area contributed by atoms with E-state index in [9.17, 15) is 4.79 Å². The van der Waals surface area contributed by atoms with Crippen LogP contribution in [0.15, 0.2) is 54.9 Å². The molecule has 0 aliphatic carbocycles. The van der Waals surface area contributed by atoms with E-state index < -0.39 is 0 Å². The number of carbonyl (C=O) groups is 1. The van der Waals surface area contributed by atoms with Gasteiger partial charge in [-0.1, -0.05) is 6.07 Å². The summed E-state index contributed by atoms with van der Waals surface area (Å²) in [6, 6.07) is 13.0. The third-order valence-corrected chi connectivity index (χ3v) is 3.35. The minimum atomic E-state index is -0.146. The first kappa shape index (κ1) is 14.0. The van der Waals surface area contributed by atoms with E-state index in [1.54, 1.807) is 18.5 Å². The van der Waals surface area contributed by atoms with Crippen LogP contribution in [0, 0.1) is 0 Å². The zero-order chi connectivity index (χ0) is 15.5. The second-order valence-corrected chi connectivity index (χ2v) is 5.16. The molecule has 0 unspecified atom stereocenters. The van der Waals surface area contributed by atoms with Crippen molar-refractivity contribution in [3.63, 3.8) is 0 Å². The number of amides is 1. The summed E-state index contributed by atoms with van der Waals surface area (Å²) in [7, 11) is 3.89. The molecule has 1 amide bonds. The topological polar surface area (TPSA) is 58.1 Å². The Morgan fingerprint density at radius 1 is 1.00 bits per heavy atom. The lowest BCUT2D eigenvalue weighted by molar-refractivity contribution is 0.102. The molecule has 110 valence electrons. The molecule has 2 aromatic carbocycles. The summed E-state index contributed by atoms with van der Waals surface area (Å²) in [5, 5.41) is 2.89. The van der Waals surface area contributed by atoms with Gasteiger partial charge in [0.05, 0.1) is 11.0 Å². The zero-order valence-electron chi connectivity index (χ0n) is 12.4. The Balaban J connectivity index is 1.84. The van der Waals surface area contributed by atoms with Crippen molar-refractivity contribution in [2.24, 2.45) is 0 Å². The third kappa shape index (κ3) is 2.88. The third-order valence-electron chi connectivity index (χ3n) is 3.35. The van der Waals surface area contributed by atoms with Gasteiger partial charge in [-0.15, -0.1) is 0 Å². The first-order valence-electron chi connectivity index (χ1n) is 6.93. The summed E-state index contributed by atoms with van der Waals surface area (Å²) >= 11 is 0. The maximum atomic E-state index is 12.4. The molecule has 5 heteroatoms. The molecule has 0 aliphatic rings. The number of rotatable bonds is 3. The number of hydrogen-bond acceptors (Lipinski definition) is 4. The van der Waals surface area contributed by atoms with Crippen LogP contribution in [0.4, 0.5) is 11.4 Å². The van der Waals surface area contributed by atoms with Gasteiger partial charge in [0.2, 0.25) is 0 Å². The van der Waals surface area contributed by atoms with Gasteiger partial charge in [0.25, 0.3) is 5.91 Å². The quantitative estimate of drug-likeness (QED) is 0.806. The highest BCUT2D eigenvalue weighted by Crippen LogP contribution is 2.18. The summed E-state index contributed by atoms with van der Waals surface area (Å²) < 4.78 is 0. The maximum Gasteiger partial charge on any atom is 0.255 e. The van der Waals surface area contributed by atoms with E-state index in [1.165, 1.54) is 0 Å². The number of carbonyl (C=O) groups excluding carboxylic acids is 1. The minimum Gasteiger partial charge on any atom is -0.378 e. The number of benzene rings is 2. The molecule has 0 atom stereocenters. The van der Waals surface area contributed by atoms with Gasteiger partial charge in [-0.2, -0.15) is 0 Å². The summed E-state index contributed by atoms with van der Waals surface area (Å²) in [5.41, 5.74) is 3.85. The zero-order valence-corrected chi connectivity index (χ0v) is 12.4. The Morgan fingerprint density at radius 3 is 2.55 bits per heavy atom. The summed E-state index contributed by atoms with van der Waals surface area (Å²) in [4.78, 5) is 22.8. The van der Waals surface area contributed by atoms with Crippen LogP contribution in [0.25, 0.3) is 11.0 Å². The van der Waals surface area contributed by atoms with Crippen molar-refractivity contribution in [2.45, 2.75) is 0 Å². The van der Waals surface area contributed by atoms with Crippen molar-refractivity contribution in [3.8, 4) is 0 Å². The molecule has 1 N–H and O–H groups in total. The van der Waals surface area contributed by atoms with E-state index in [1.807, 2.05) is 55.4 Å². The standard InChI is InChI=1S/C17H16N4O/c1-21(2)14-5-3-4-12(10-14)17(22)20-13-6-7-15-16(11-13)19-9-8-18-15/h3-11H,1-2H3,(H,20,22). The predicted molar refractivity (Wildman–Crippen MR) is 88.3 cm³/mol. The van der Waals surface area contributed by atoms with Crippen LogP contribution in [0.1, 0.15) is 10.4 Å². The van der Waals surface area contributed by atoms with E-state index in [-0.39, 0.29) is 5.91 Å². The molecule has 22 heavy (non-hydrogen) atoms. The van der Waals surface area contributed by atoms with E-state index in [0.29, 0.717) is 11.3 Å². The fraction of sp³-hybridized carbons (Fsp3) is 0.118. The lowest BCUT2D eigenvalue weighted by Gasteiger charge is -2.13. The first-order chi connectivity index (χ1) is 10.6. The number of anilines is 2. The Kier molecular flexibility index (Phi) is 3.70. The highest BCUT2D eigenvalue weighted by molar-refractivity contribution is 6.05. The lowest BCUT2D eigenvalue weighted by atomic mass is 10.1. The average Bonchev–Trinajstić information content (AvgIpc) is 2.55. The number of aromatic nitrogens is 2. The largest absolute Gasteiger partial charge is 0.378 e. The van der Waals surface area contributed by atoms with Crippen molar-refractivity contribution < 1.29 is 4.79 Å². The van der Waals surface area contributed by atoms with Crippen molar-refractivity contribution in [1.29, 1.82) is 0 Å².